The second-order valence-electron chi connectivity index (χ2n) is 6.81. The van der Waals surface area contributed by atoms with Gasteiger partial charge in [-0.3, -0.25) is 9.69 Å². The van der Waals surface area contributed by atoms with Gasteiger partial charge < -0.3 is 5.32 Å². The van der Waals surface area contributed by atoms with Crippen LogP contribution in [0.4, 0.5) is 0 Å². The number of rotatable bonds is 6. The summed E-state index contributed by atoms with van der Waals surface area (Å²) in [5.41, 5.74) is 2.49. The summed E-state index contributed by atoms with van der Waals surface area (Å²) < 4.78 is 0. The molecule has 0 bridgehead atoms. The molecule has 1 fully saturated rings. The first-order valence-electron chi connectivity index (χ1n) is 8.96. The second kappa shape index (κ2) is 9.02. The first kappa shape index (κ1) is 18.0. The summed E-state index contributed by atoms with van der Waals surface area (Å²) in [7, 11) is 0. The minimum absolute atomic E-state index is 0.0939. The zero-order valence-corrected chi connectivity index (χ0v) is 15.2. The highest BCUT2D eigenvalue weighted by atomic mass is 35.5. The van der Waals surface area contributed by atoms with Crippen molar-refractivity contribution in [2.45, 2.75) is 25.8 Å². The summed E-state index contributed by atoms with van der Waals surface area (Å²) in [6, 6.07) is 18.3. The van der Waals surface area contributed by atoms with Gasteiger partial charge in [0.25, 0.3) is 0 Å². The Bertz CT molecular complexity index is 664. The summed E-state index contributed by atoms with van der Waals surface area (Å²) in [6.07, 6.45) is 3.48. The van der Waals surface area contributed by atoms with Crippen LogP contribution in [0.1, 0.15) is 24.0 Å². The molecule has 1 N–H and O–H groups in total. The predicted octanol–water partition coefficient (Wildman–Crippen LogP) is 3.91. The average Bonchev–Trinajstić information content (AvgIpc) is 2.64. The van der Waals surface area contributed by atoms with E-state index in [-0.39, 0.29) is 5.91 Å². The quantitative estimate of drug-likeness (QED) is 0.851. The molecule has 0 aromatic heterocycles. The molecule has 0 unspecified atom stereocenters. The fraction of sp³-hybridized carbons (Fsp3) is 0.381. The van der Waals surface area contributed by atoms with Crippen LogP contribution in [-0.4, -0.2) is 30.4 Å². The number of hydrogen-bond acceptors (Lipinski definition) is 2. The molecular formula is C21H25ClN2O. The van der Waals surface area contributed by atoms with E-state index in [2.05, 4.69) is 40.5 Å². The van der Waals surface area contributed by atoms with E-state index < -0.39 is 0 Å². The van der Waals surface area contributed by atoms with Gasteiger partial charge >= 0.3 is 0 Å². The van der Waals surface area contributed by atoms with Gasteiger partial charge in [-0.05, 0) is 61.5 Å². The minimum Gasteiger partial charge on any atom is -0.351 e. The molecule has 0 aliphatic carbocycles. The Hall–Kier alpha value is -1.84. The molecule has 132 valence electrons. The van der Waals surface area contributed by atoms with Crippen LogP contribution in [0.3, 0.4) is 0 Å². The second-order valence-corrected chi connectivity index (χ2v) is 7.25. The number of carbonyl (C=O) groups excluding carboxylic acids is 1. The molecular weight excluding hydrogens is 332 g/mol. The highest BCUT2D eigenvalue weighted by molar-refractivity contribution is 6.30. The van der Waals surface area contributed by atoms with Crippen molar-refractivity contribution >= 4 is 17.5 Å². The number of nitrogens with zero attached hydrogens (tertiary/aromatic N) is 1. The standard InChI is InChI=1S/C21H25ClN2O/c22-20-8-6-19(7-9-20)15-23-21(25)16-24-12-10-18(11-13-24)14-17-4-2-1-3-5-17/h1-9,18H,10-16H2,(H,23,25). The third-order valence-corrected chi connectivity index (χ3v) is 5.10. The number of amides is 1. The van der Waals surface area contributed by atoms with Crippen molar-refractivity contribution < 1.29 is 4.79 Å². The maximum absolute atomic E-state index is 12.1. The van der Waals surface area contributed by atoms with Crippen LogP contribution >= 0.6 is 11.6 Å². The van der Waals surface area contributed by atoms with E-state index in [1.54, 1.807) is 0 Å². The van der Waals surface area contributed by atoms with E-state index in [4.69, 9.17) is 11.6 Å². The van der Waals surface area contributed by atoms with Crippen molar-refractivity contribution in [3.63, 3.8) is 0 Å². The maximum Gasteiger partial charge on any atom is 0.234 e. The molecule has 1 aliphatic rings. The zero-order chi connectivity index (χ0) is 17.5. The van der Waals surface area contributed by atoms with Gasteiger partial charge in [-0.15, -0.1) is 0 Å². The van der Waals surface area contributed by atoms with E-state index in [0.717, 1.165) is 31.0 Å². The summed E-state index contributed by atoms with van der Waals surface area (Å²) in [4.78, 5) is 14.4. The fourth-order valence-corrected chi connectivity index (χ4v) is 3.48. The van der Waals surface area contributed by atoms with E-state index in [1.807, 2.05) is 24.3 Å². The molecule has 1 heterocycles. The summed E-state index contributed by atoms with van der Waals surface area (Å²) >= 11 is 5.87. The van der Waals surface area contributed by atoms with Crippen molar-refractivity contribution in [2.24, 2.45) is 5.92 Å². The van der Waals surface area contributed by atoms with Gasteiger partial charge in [0.1, 0.15) is 0 Å². The lowest BCUT2D eigenvalue weighted by Crippen LogP contribution is -2.41. The lowest BCUT2D eigenvalue weighted by Gasteiger charge is -2.31. The molecule has 4 heteroatoms. The summed E-state index contributed by atoms with van der Waals surface area (Å²) in [5.74, 6) is 0.826. The van der Waals surface area contributed by atoms with E-state index in [1.165, 1.54) is 18.4 Å². The van der Waals surface area contributed by atoms with Crippen LogP contribution in [0.5, 0.6) is 0 Å². The van der Waals surface area contributed by atoms with Crippen molar-refractivity contribution in [3.05, 3.63) is 70.7 Å². The van der Waals surface area contributed by atoms with Crippen LogP contribution in [0.2, 0.25) is 5.02 Å². The van der Waals surface area contributed by atoms with Gasteiger partial charge in [0.2, 0.25) is 5.91 Å². The maximum atomic E-state index is 12.1. The molecule has 25 heavy (non-hydrogen) atoms. The Kier molecular flexibility index (Phi) is 6.48. The Labute approximate surface area is 155 Å². The van der Waals surface area contributed by atoms with Gasteiger partial charge in [-0.1, -0.05) is 54.1 Å². The van der Waals surface area contributed by atoms with Crippen LogP contribution in [0.15, 0.2) is 54.6 Å². The number of nitrogens with one attached hydrogen (secondary N) is 1. The van der Waals surface area contributed by atoms with Gasteiger partial charge in [-0.25, -0.2) is 0 Å². The van der Waals surface area contributed by atoms with E-state index in [0.29, 0.717) is 18.1 Å². The number of benzene rings is 2. The number of carbonyl (C=O) groups is 1. The highest BCUT2D eigenvalue weighted by Crippen LogP contribution is 2.21. The Morgan fingerprint density at radius 3 is 2.36 bits per heavy atom. The summed E-state index contributed by atoms with van der Waals surface area (Å²) in [6.45, 7) is 3.06. The SMILES string of the molecule is O=C(CN1CCC(Cc2ccccc2)CC1)NCc1ccc(Cl)cc1. The van der Waals surface area contributed by atoms with Crippen molar-refractivity contribution in [1.82, 2.24) is 10.2 Å². The largest absolute Gasteiger partial charge is 0.351 e. The minimum atomic E-state index is 0.0939. The Morgan fingerprint density at radius 2 is 1.68 bits per heavy atom. The predicted molar refractivity (Wildman–Crippen MR) is 103 cm³/mol. The average molecular weight is 357 g/mol. The molecule has 3 rings (SSSR count). The molecule has 2 aromatic carbocycles. The molecule has 1 aliphatic heterocycles. The number of halogens is 1. The first-order valence-corrected chi connectivity index (χ1v) is 9.34. The topological polar surface area (TPSA) is 32.3 Å². The van der Waals surface area contributed by atoms with Crippen LogP contribution in [0.25, 0.3) is 0 Å². The van der Waals surface area contributed by atoms with Crippen molar-refractivity contribution in [3.8, 4) is 0 Å². The third kappa shape index (κ3) is 5.87. The molecule has 0 radical (unpaired) electrons. The van der Waals surface area contributed by atoms with Crippen molar-refractivity contribution in [1.29, 1.82) is 0 Å². The Balaban J connectivity index is 1.36. The van der Waals surface area contributed by atoms with Crippen LogP contribution in [-0.2, 0) is 17.8 Å². The monoisotopic (exact) mass is 356 g/mol. The lowest BCUT2D eigenvalue weighted by atomic mass is 9.90. The van der Waals surface area contributed by atoms with Crippen molar-refractivity contribution in [2.75, 3.05) is 19.6 Å². The van der Waals surface area contributed by atoms with E-state index >= 15 is 0 Å². The van der Waals surface area contributed by atoms with Gasteiger partial charge in [-0.2, -0.15) is 0 Å². The number of likely N-dealkylation sites (tertiary alicyclic amines) is 1. The molecule has 2 aromatic rings. The first-order chi connectivity index (χ1) is 12.2. The highest BCUT2D eigenvalue weighted by Gasteiger charge is 2.20. The summed E-state index contributed by atoms with van der Waals surface area (Å²) in [5, 5.41) is 3.71. The molecule has 3 nitrogen and oxygen atoms in total. The fourth-order valence-electron chi connectivity index (χ4n) is 3.36. The number of hydrogen-bond donors (Lipinski definition) is 1. The lowest BCUT2D eigenvalue weighted by molar-refractivity contribution is -0.122. The van der Waals surface area contributed by atoms with Gasteiger partial charge in [0.05, 0.1) is 6.54 Å². The molecule has 0 saturated carbocycles. The smallest absolute Gasteiger partial charge is 0.234 e. The third-order valence-electron chi connectivity index (χ3n) is 4.84. The zero-order valence-electron chi connectivity index (χ0n) is 14.5. The van der Waals surface area contributed by atoms with Gasteiger partial charge in [0.15, 0.2) is 0 Å². The van der Waals surface area contributed by atoms with E-state index in [9.17, 15) is 4.79 Å². The van der Waals surface area contributed by atoms with Crippen LogP contribution < -0.4 is 5.32 Å². The number of piperidine rings is 1. The normalized spacial score (nSPS) is 15.9. The van der Waals surface area contributed by atoms with Crippen LogP contribution in [0, 0.1) is 5.92 Å². The molecule has 0 atom stereocenters. The molecule has 1 amide bonds. The van der Waals surface area contributed by atoms with Gasteiger partial charge in [0, 0.05) is 11.6 Å². The Morgan fingerprint density at radius 1 is 1.00 bits per heavy atom. The molecule has 0 spiro atoms. The molecule has 1 saturated heterocycles.